The molecular weight excluding hydrogens is 324 g/mol. The van der Waals surface area contributed by atoms with Crippen LogP contribution in [0, 0.1) is 0 Å². The maximum atomic E-state index is 12.1. The Kier molecular flexibility index (Phi) is 4.78. The topological polar surface area (TPSA) is 83.5 Å². The summed E-state index contributed by atoms with van der Waals surface area (Å²) in [5.74, 6) is 0.735. The molecule has 0 aromatic heterocycles. The molecule has 8 nitrogen and oxygen atoms in total. The molecule has 0 radical (unpaired) electrons. The van der Waals surface area contributed by atoms with Gasteiger partial charge in [-0.05, 0) is 30.2 Å². The Bertz CT molecular complexity index is 719. The van der Waals surface area contributed by atoms with Crippen LogP contribution in [0.2, 0.25) is 0 Å². The van der Waals surface area contributed by atoms with Crippen LogP contribution in [0.1, 0.15) is 18.9 Å². The fourth-order valence-electron chi connectivity index (χ4n) is 3.13. The van der Waals surface area contributed by atoms with Gasteiger partial charge in [-0.2, -0.15) is 0 Å². The van der Waals surface area contributed by atoms with Crippen LogP contribution >= 0.6 is 0 Å². The third-order valence-corrected chi connectivity index (χ3v) is 4.39. The number of carbonyl (C=O) groups excluding carboxylic acids is 2. The van der Waals surface area contributed by atoms with Crippen LogP contribution < -0.4 is 15.1 Å². The van der Waals surface area contributed by atoms with Gasteiger partial charge in [-0.3, -0.25) is 9.69 Å². The number of cyclic esters (lactones) is 1. The van der Waals surface area contributed by atoms with Crippen molar-refractivity contribution < 1.29 is 19.2 Å². The van der Waals surface area contributed by atoms with E-state index in [4.69, 9.17) is 9.57 Å². The minimum atomic E-state index is -0.388. The van der Waals surface area contributed by atoms with E-state index in [1.807, 2.05) is 30.1 Å². The van der Waals surface area contributed by atoms with Crippen molar-refractivity contribution in [3.05, 3.63) is 23.8 Å². The molecule has 2 aliphatic heterocycles. The molecule has 2 amide bonds. The molecule has 2 aliphatic rings. The molecule has 0 saturated carbocycles. The second-order valence-corrected chi connectivity index (χ2v) is 6.12. The van der Waals surface area contributed by atoms with E-state index in [0.717, 1.165) is 35.6 Å². The quantitative estimate of drug-likeness (QED) is 0.835. The van der Waals surface area contributed by atoms with Crippen LogP contribution in [0.5, 0.6) is 0 Å². The molecule has 2 heterocycles. The van der Waals surface area contributed by atoms with E-state index >= 15 is 0 Å². The van der Waals surface area contributed by atoms with E-state index in [0.29, 0.717) is 13.1 Å². The van der Waals surface area contributed by atoms with Gasteiger partial charge in [-0.1, -0.05) is 5.16 Å². The van der Waals surface area contributed by atoms with Crippen LogP contribution in [0.15, 0.2) is 23.4 Å². The molecule has 3 rings (SSSR count). The highest BCUT2D eigenvalue weighted by Crippen LogP contribution is 2.32. The Morgan fingerprint density at radius 1 is 1.44 bits per heavy atom. The number of nitrogens with one attached hydrogen (secondary N) is 1. The molecule has 0 spiro atoms. The van der Waals surface area contributed by atoms with Crippen LogP contribution in [0.25, 0.3) is 0 Å². The molecule has 1 aromatic carbocycles. The molecule has 1 fully saturated rings. The number of benzene rings is 1. The van der Waals surface area contributed by atoms with Gasteiger partial charge in [0.25, 0.3) is 0 Å². The third kappa shape index (κ3) is 3.52. The summed E-state index contributed by atoms with van der Waals surface area (Å²) < 4.78 is 5.32. The number of rotatable bonds is 4. The van der Waals surface area contributed by atoms with E-state index in [9.17, 15) is 9.59 Å². The monoisotopic (exact) mass is 346 g/mol. The van der Waals surface area contributed by atoms with Crippen LogP contribution in [-0.4, -0.2) is 51.2 Å². The van der Waals surface area contributed by atoms with Gasteiger partial charge in [0.2, 0.25) is 5.91 Å². The zero-order valence-electron chi connectivity index (χ0n) is 14.6. The molecule has 0 bridgehead atoms. The number of hydrogen-bond donors (Lipinski definition) is 1. The molecule has 8 heteroatoms. The number of aryl methyl sites for hydroxylation is 1. The number of amides is 2. The number of nitrogens with zero attached hydrogens (tertiary/aromatic N) is 3. The van der Waals surface area contributed by atoms with E-state index in [2.05, 4.69) is 10.5 Å². The maximum Gasteiger partial charge on any atom is 0.414 e. The Morgan fingerprint density at radius 2 is 2.24 bits per heavy atom. The summed E-state index contributed by atoms with van der Waals surface area (Å²) in [4.78, 5) is 31.6. The van der Waals surface area contributed by atoms with Crippen molar-refractivity contribution >= 4 is 29.2 Å². The zero-order valence-corrected chi connectivity index (χ0v) is 14.6. The Labute approximate surface area is 146 Å². The van der Waals surface area contributed by atoms with E-state index < -0.39 is 0 Å². The number of oxime groups is 1. The van der Waals surface area contributed by atoms with Gasteiger partial charge < -0.3 is 19.8 Å². The smallest absolute Gasteiger partial charge is 0.414 e. The lowest BCUT2D eigenvalue weighted by molar-refractivity contribution is -0.119. The van der Waals surface area contributed by atoms with Gasteiger partial charge >= 0.3 is 6.09 Å². The normalized spacial score (nSPS) is 21.2. The average Bonchev–Trinajstić information content (AvgIpc) is 2.96. The summed E-state index contributed by atoms with van der Waals surface area (Å²) in [6.45, 7) is 2.18. The second-order valence-electron chi connectivity index (χ2n) is 6.12. The first-order chi connectivity index (χ1) is 12.0. The van der Waals surface area contributed by atoms with Crippen molar-refractivity contribution in [2.24, 2.45) is 5.16 Å². The molecule has 134 valence electrons. The SMILES string of the molecule is CON=C1CCc2cc(N3CC(CNC(C)=O)OC3=O)ccc2N1C. The third-order valence-electron chi connectivity index (χ3n) is 4.39. The van der Waals surface area contributed by atoms with Gasteiger partial charge in [-0.25, -0.2) is 4.79 Å². The van der Waals surface area contributed by atoms with Crippen molar-refractivity contribution in [2.75, 3.05) is 37.0 Å². The van der Waals surface area contributed by atoms with Gasteiger partial charge in [0.15, 0.2) is 0 Å². The van der Waals surface area contributed by atoms with Crippen molar-refractivity contribution in [3.8, 4) is 0 Å². The van der Waals surface area contributed by atoms with Crippen molar-refractivity contribution in [1.29, 1.82) is 0 Å². The maximum absolute atomic E-state index is 12.1. The fourth-order valence-corrected chi connectivity index (χ4v) is 3.13. The predicted octanol–water partition coefficient (Wildman–Crippen LogP) is 1.49. The van der Waals surface area contributed by atoms with Gasteiger partial charge in [-0.15, -0.1) is 0 Å². The Hall–Kier alpha value is -2.77. The average molecular weight is 346 g/mol. The molecule has 1 saturated heterocycles. The number of hydrogen-bond acceptors (Lipinski definition) is 5. The van der Waals surface area contributed by atoms with Gasteiger partial charge in [0.05, 0.1) is 13.1 Å². The highest BCUT2D eigenvalue weighted by Gasteiger charge is 2.33. The number of amidine groups is 1. The lowest BCUT2D eigenvalue weighted by Gasteiger charge is -2.29. The lowest BCUT2D eigenvalue weighted by atomic mass is 10.0. The number of anilines is 2. The highest BCUT2D eigenvalue weighted by molar-refractivity contribution is 6.00. The molecule has 1 unspecified atom stereocenters. The fraction of sp³-hybridized carbons (Fsp3) is 0.471. The Morgan fingerprint density at radius 3 is 2.96 bits per heavy atom. The van der Waals surface area contributed by atoms with Crippen molar-refractivity contribution in [2.45, 2.75) is 25.9 Å². The molecule has 1 N–H and O–H groups in total. The first kappa shape index (κ1) is 17.1. The standard InChI is InChI=1S/C17H22N4O4/c1-11(22)18-9-14-10-21(17(23)25-14)13-5-6-15-12(8-13)4-7-16(19-24-3)20(15)2/h5-6,8,14H,4,7,9-10H2,1-3H3,(H,18,22). The van der Waals surface area contributed by atoms with Crippen LogP contribution in [0.3, 0.4) is 0 Å². The number of carbonyl (C=O) groups is 2. The van der Waals surface area contributed by atoms with E-state index in [1.54, 1.807) is 4.90 Å². The lowest BCUT2D eigenvalue weighted by Crippen LogP contribution is -2.33. The molecule has 0 aliphatic carbocycles. The summed E-state index contributed by atoms with van der Waals surface area (Å²) in [7, 11) is 3.49. The molecular formula is C17H22N4O4. The summed E-state index contributed by atoms with van der Waals surface area (Å²) in [5, 5.41) is 6.72. The largest absolute Gasteiger partial charge is 0.442 e. The van der Waals surface area contributed by atoms with Gasteiger partial charge in [0, 0.05) is 31.8 Å². The minimum Gasteiger partial charge on any atom is -0.442 e. The molecule has 25 heavy (non-hydrogen) atoms. The summed E-state index contributed by atoms with van der Waals surface area (Å²) in [5.41, 5.74) is 3.00. The van der Waals surface area contributed by atoms with E-state index in [1.165, 1.54) is 14.0 Å². The summed E-state index contributed by atoms with van der Waals surface area (Å²) in [6.07, 6.45) is 0.876. The Balaban J connectivity index is 1.76. The second kappa shape index (κ2) is 7.00. The minimum absolute atomic E-state index is 0.139. The highest BCUT2D eigenvalue weighted by atomic mass is 16.6. The zero-order chi connectivity index (χ0) is 18.0. The molecule has 1 aromatic rings. The first-order valence-corrected chi connectivity index (χ1v) is 8.19. The molecule has 1 atom stereocenters. The first-order valence-electron chi connectivity index (χ1n) is 8.19. The summed E-state index contributed by atoms with van der Waals surface area (Å²) >= 11 is 0. The van der Waals surface area contributed by atoms with Crippen LogP contribution in [-0.2, 0) is 20.8 Å². The van der Waals surface area contributed by atoms with E-state index in [-0.39, 0.29) is 18.1 Å². The van der Waals surface area contributed by atoms with Crippen molar-refractivity contribution in [3.63, 3.8) is 0 Å². The number of fused-ring (bicyclic) bond motifs is 1. The van der Waals surface area contributed by atoms with Gasteiger partial charge in [0.1, 0.15) is 19.0 Å². The van der Waals surface area contributed by atoms with Crippen molar-refractivity contribution in [1.82, 2.24) is 5.32 Å². The van der Waals surface area contributed by atoms with Crippen LogP contribution in [0.4, 0.5) is 16.2 Å². The summed E-state index contributed by atoms with van der Waals surface area (Å²) in [6, 6.07) is 5.88. The predicted molar refractivity (Wildman–Crippen MR) is 93.9 cm³/mol. The number of ether oxygens (including phenoxy) is 1.